The fraction of sp³-hybridized carbons (Fsp3) is 0.500. The number of nitriles is 1. The van der Waals surface area contributed by atoms with Crippen molar-refractivity contribution >= 4 is 5.69 Å². The van der Waals surface area contributed by atoms with Crippen LogP contribution in [0.3, 0.4) is 0 Å². The summed E-state index contributed by atoms with van der Waals surface area (Å²) >= 11 is 0. The van der Waals surface area contributed by atoms with Crippen LogP contribution in [0.15, 0.2) is 24.3 Å². The first-order valence-corrected chi connectivity index (χ1v) is 6.05. The second-order valence-corrected chi connectivity index (χ2v) is 4.58. The van der Waals surface area contributed by atoms with Crippen LogP contribution in [0.1, 0.15) is 18.4 Å². The number of hydrogen-bond donors (Lipinski definition) is 1. The molecule has 0 bridgehead atoms. The second-order valence-electron chi connectivity index (χ2n) is 4.58. The predicted molar refractivity (Wildman–Crippen MR) is 67.8 cm³/mol. The van der Waals surface area contributed by atoms with E-state index in [1.165, 1.54) is 12.8 Å². The summed E-state index contributed by atoms with van der Waals surface area (Å²) in [5.74, 6) is 0.758. The number of ether oxygens (including phenoxy) is 1. The third-order valence-corrected chi connectivity index (χ3v) is 3.13. The van der Waals surface area contributed by atoms with Crippen LogP contribution in [0.2, 0.25) is 0 Å². The molecule has 1 aromatic carbocycles. The van der Waals surface area contributed by atoms with Crippen LogP contribution >= 0.6 is 0 Å². The van der Waals surface area contributed by atoms with Crippen molar-refractivity contribution < 1.29 is 4.74 Å². The summed E-state index contributed by atoms with van der Waals surface area (Å²) in [6.45, 7) is 0.755. The second kappa shape index (κ2) is 5.70. The maximum Gasteiger partial charge on any atom is 0.0669 e. The van der Waals surface area contributed by atoms with Gasteiger partial charge in [0.15, 0.2) is 0 Å². The molecule has 0 spiro atoms. The van der Waals surface area contributed by atoms with E-state index in [0.29, 0.717) is 12.5 Å². The predicted octanol–water partition coefficient (Wildman–Crippen LogP) is 2.59. The van der Waals surface area contributed by atoms with Gasteiger partial charge < -0.3 is 10.1 Å². The molecule has 1 saturated carbocycles. The van der Waals surface area contributed by atoms with Crippen molar-refractivity contribution in [2.75, 3.05) is 19.0 Å². The minimum absolute atomic E-state index is 0.418. The molecule has 1 fully saturated rings. The molecule has 0 aliphatic heterocycles. The molecule has 0 heterocycles. The molecule has 1 aliphatic carbocycles. The van der Waals surface area contributed by atoms with Crippen molar-refractivity contribution in [1.82, 2.24) is 0 Å². The quantitative estimate of drug-likeness (QED) is 0.817. The summed E-state index contributed by atoms with van der Waals surface area (Å²) in [5.41, 5.74) is 2.17. The number of nitrogens with zero attached hydrogens (tertiary/aromatic N) is 1. The third kappa shape index (κ3) is 3.47. The molecular formula is C14H18N2O. The van der Waals surface area contributed by atoms with E-state index >= 15 is 0 Å². The summed E-state index contributed by atoms with van der Waals surface area (Å²) in [5, 5.41) is 12.1. The zero-order valence-corrected chi connectivity index (χ0v) is 10.1. The Morgan fingerprint density at radius 2 is 2.12 bits per heavy atom. The van der Waals surface area contributed by atoms with Gasteiger partial charge in [0.2, 0.25) is 0 Å². The maximum atomic E-state index is 8.60. The molecule has 90 valence electrons. The van der Waals surface area contributed by atoms with Crippen LogP contribution in [-0.4, -0.2) is 19.8 Å². The summed E-state index contributed by atoms with van der Waals surface area (Å²) in [4.78, 5) is 0. The Kier molecular flexibility index (Phi) is 4.00. The first-order chi connectivity index (χ1) is 8.33. The topological polar surface area (TPSA) is 45.0 Å². The van der Waals surface area contributed by atoms with Crippen LogP contribution < -0.4 is 5.32 Å². The Morgan fingerprint density at radius 3 is 2.65 bits per heavy atom. The Balaban J connectivity index is 1.94. The van der Waals surface area contributed by atoms with Gasteiger partial charge in [-0.25, -0.2) is 0 Å². The molecule has 0 radical (unpaired) electrons. The van der Waals surface area contributed by atoms with E-state index in [0.717, 1.165) is 23.8 Å². The average Bonchev–Trinajstić information content (AvgIpc) is 3.15. The fourth-order valence-corrected chi connectivity index (χ4v) is 2.00. The van der Waals surface area contributed by atoms with Gasteiger partial charge >= 0.3 is 0 Å². The molecular weight excluding hydrogens is 212 g/mol. The third-order valence-electron chi connectivity index (χ3n) is 3.13. The van der Waals surface area contributed by atoms with Crippen LogP contribution in [-0.2, 0) is 11.2 Å². The molecule has 3 nitrogen and oxygen atoms in total. The monoisotopic (exact) mass is 230 g/mol. The van der Waals surface area contributed by atoms with Gasteiger partial charge in [0.1, 0.15) is 0 Å². The molecule has 0 amide bonds. The average molecular weight is 230 g/mol. The highest BCUT2D eigenvalue weighted by Gasteiger charge is 2.30. The van der Waals surface area contributed by atoms with E-state index < -0.39 is 0 Å². The van der Waals surface area contributed by atoms with E-state index in [-0.39, 0.29) is 0 Å². The smallest absolute Gasteiger partial charge is 0.0669 e. The number of nitrogens with one attached hydrogen (secondary N) is 1. The van der Waals surface area contributed by atoms with Crippen LogP contribution in [0.25, 0.3) is 0 Å². The molecule has 17 heavy (non-hydrogen) atoms. The lowest BCUT2D eigenvalue weighted by Crippen LogP contribution is -2.27. The van der Waals surface area contributed by atoms with Gasteiger partial charge in [-0.05, 0) is 36.5 Å². The van der Waals surface area contributed by atoms with Crippen molar-refractivity contribution in [2.45, 2.75) is 25.3 Å². The molecule has 1 atom stereocenters. The fourth-order valence-electron chi connectivity index (χ4n) is 2.00. The number of hydrogen-bond acceptors (Lipinski definition) is 3. The molecule has 1 unspecified atom stereocenters. The molecule has 1 aliphatic rings. The summed E-state index contributed by atoms with van der Waals surface area (Å²) in [6, 6.07) is 10.7. The Labute approximate surface area is 102 Å². The minimum atomic E-state index is 0.418. The zero-order valence-electron chi connectivity index (χ0n) is 10.1. The summed E-state index contributed by atoms with van der Waals surface area (Å²) in [6.07, 6.45) is 3.07. The molecule has 1 N–H and O–H groups in total. The SMILES string of the molecule is COCC(Nc1ccc(CC#N)cc1)C1CC1. The van der Waals surface area contributed by atoms with Crippen LogP contribution in [0.4, 0.5) is 5.69 Å². The van der Waals surface area contributed by atoms with E-state index in [9.17, 15) is 0 Å². The summed E-state index contributed by atoms with van der Waals surface area (Å²) in [7, 11) is 1.74. The van der Waals surface area contributed by atoms with Crippen molar-refractivity contribution in [3.05, 3.63) is 29.8 Å². The van der Waals surface area contributed by atoms with Gasteiger partial charge in [-0.15, -0.1) is 0 Å². The first kappa shape index (κ1) is 11.9. The van der Waals surface area contributed by atoms with E-state index in [1.54, 1.807) is 7.11 Å². The highest BCUT2D eigenvalue weighted by atomic mass is 16.5. The van der Waals surface area contributed by atoms with Gasteiger partial charge in [0.05, 0.1) is 25.1 Å². The van der Waals surface area contributed by atoms with Gasteiger partial charge in [0, 0.05) is 12.8 Å². The largest absolute Gasteiger partial charge is 0.383 e. The van der Waals surface area contributed by atoms with Crippen molar-refractivity contribution in [3.8, 4) is 6.07 Å². The van der Waals surface area contributed by atoms with Crippen molar-refractivity contribution in [2.24, 2.45) is 5.92 Å². The molecule has 3 heteroatoms. The lowest BCUT2D eigenvalue weighted by Gasteiger charge is -2.18. The van der Waals surface area contributed by atoms with Crippen LogP contribution in [0, 0.1) is 17.2 Å². The van der Waals surface area contributed by atoms with E-state index in [2.05, 4.69) is 11.4 Å². The number of benzene rings is 1. The van der Waals surface area contributed by atoms with Gasteiger partial charge in [-0.2, -0.15) is 5.26 Å². The minimum Gasteiger partial charge on any atom is -0.383 e. The van der Waals surface area contributed by atoms with Gasteiger partial charge in [0.25, 0.3) is 0 Å². The van der Waals surface area contributed by atoms with E-state index in [1.807, 2.05) is 24.3 Å². The van der Waals surface area contributed by atoms with Crippen LogP contribution in [0.5, 0.6) is 0 Å². The Bertz CT molecular complexity index is 390. The first-order valence-electron chi connectivity index (χ1n) is 6.05. The van der Waals surface area contributed by atoms with Crippen molar-refractivity contribution in [3.63, 3.8) is 0 Å². The number of methoxy groups -OCH3 is 1. The normalized spacial score (nSPS) is 16.2. The number of anilines is 1. The van der Waals surface area contributed by atoms with Gasteiger partial charge in [-0.1, -0.05) is 12.1 Å². The van der Waals surface area contributed by atoms with Crippen molar-refractivity contribution in [1.29, 1.82) is 5.26 Å². The lowest BCUT2D eigenvalue weighted by molar-refractivity contribution is 0.179. The number of rotatable bonds is 6. The highest BCUT2D eigenvalue weighted by molar-refractivity contribution is 5.46. The molecule has 1 aromatic rings. The zero-order chi connectivity index (χ0) is 12.1. The van der Waals surface area contributed by atoms with Gasteiger partial charge in [-0.3, -0.25) is 0 Å². The molecule has 0 saturated heterocycles. The lowest BCUT2D eigenvalue weighted by atomic mass is 10.1. The van der Waals surface area contributed by atoms with E-state index in [4.69, 9.17) is 10.00 Å². The Hall–Kier alpha value is -1.53. The highest BCUT2D eigenvalue weighted by Crippen LogP contribution is 2.34. The maximum absolute atomic E-state index is 8.60. The standard InChI is InChI=1S/C14H18N2O/c1-17-10-14(12-4-5-12)16-13-6-2-11(3-7-13)8-9-15/h2-3,6-7,12,14,16H,4-5,8,10H2,1H3. The molecule has 0 aromatic heterocycles. The Morgan fingerprint density at radius 1 is 1.41 bits per heavy atom. The molecule has 2 rings (SSSR count). The summed E-state index contributed by atoms with van der Waals surface area (Å²) < 4.78 is 5.23.